The van der Waals surface area contributed by atoms with Crippen LogP contribution in [0, 0.1) is 17.5 Å². The van der Waals surface area contributed by atoms with Gasteiger partial charge in [0.1, 0.15) is 30.2 Å². The second kappa shape index (κ2) is 16.2. The Kier molecular flexibility index (Phi) is 11.1. The van der Waals surface area contributed by atoms with Crippen LogP contribution >= 0.6 is 0 Å². The van der Waals surface area contributed by atoms with Crippen LogP contribution in [0.1, 0.15) is 44.2 Å². The molecule has 270 valence electrons. The molecule has 0 aliphatic heterocycles. The van der Waals surface area contributed by atoms with Crippen molar-refractivity contribution in [3.63, 3.8) is 0 Å². The van der Waals surface area contributed by atoms with Gasteiger partial charge in [-0.3, -0.25) is 0 Å². The van der Waals surface area contributed by atoms with Gasteiger partial charge in [-0.1, -0.05) is 37.6 Å². The van der Waals surface area contributed by atoms with Gasteiger partial charge in [0.15, 0.2) is 0 Å². The zero-order valence-corrected chi connectivity index (χ0v) is 29.2. The number of nitrogens with zero attached hydrogens (tertiary/aromatic N) is 3. The number of rotatable bonds is 17. The first-order valence-corrected chi connectivity index (χ1v) is 18.0. The van der Waals surface area contributed by atoms with Crippen LogP contribution in [0.5, 0.6) is 5.88 Å². The number of aliphatic hydroxyl groups excluding tert-OH is 1. The molecule has 3 heterocycles. The van der Waals surface area contributed by atoms with Gasteiger partial charge in [0.25, 0.3) is 0 Å². The predicted molar refractivity (Wildman–Crippen MR) is 200 cm³/mol. The van der Waals surface area contributed by atoms with E-state index in [2.05, 4.69) is 26.4 Å². The van der Waals surface area contributed by atoms with Crippen LogP contribution in [-0.2, 0) is 11.3 Å². The Labute approximate surface area is 300 Å². The molecule has 3 aromatic heterocycles. The Bertz CT molecular complexity index is 2240. The SMILES string of the molecule is CCCCOCCCNCC(O)COc1ncccc1C(CCn1c2ccccc2c2cc(F)ccc21)n1c2ccc(F)cc2c2cc(F)ccc21. The van der Waals surface area contributed by atoms with Gasteiger partial charge < -0.3 is 29.0 Å². The van der Waals surface area contributed by atoms with Gasteiger partial charge in [-0.25, -0.2) is 18.2 Å². The summed E-state index contributed by atoms with van der Waals surface area (Å²) in [6.45, 7) is 5.16. The Morgan fingerprint density at radius 1 is 0.750 bits per heavy atom. The van der Waals surface area contributed by atoms with E-state index >= 15 is 0 Å². The molecular formula is C42H43F3N4O3. The summed E-state index contributed by atoms with van der Waals surface area (Å²) < 4.78 is 60.0. The van der Waals surface area contributed by atoms with Crippen molar-refractivity contribution >= 4 is 43.6 Å². The topological polar surface area (TPSA) is 73.5 Å². The summed E-state index contributed by atoms with van der Waals surface area (Å²) >= 11 is 0. The van der Waals surface area contributed by atoms with Crippen LogP contribution in [0.25, 0.3) is 43.6 Å². The molecule has 0 bridgehead atoms. The lowest BCUT2D eigenvalue weighted by Crippen LogP contribution is -2.32. The van der Waals surface area contributed by atoms with Gasteiger partial charge in [-0.15, -0.1) is 0 Å². The van der Waals surface area contributed by atoms with Crippen molar-refractivity contribution < 1.29 is 27.8 Å². The fourth-order valence-electron chi connectivity index (χ4n) is 7.20. The van der Waals surface area contributed by atoms with E-state index in [9.17, 15) is 18.3 Å². The summed E-state index contributed by atoms with van der Waals surface area (Å²) in [5.74, 6) is -0.771. The molecule has 7 aromatic rings. The van der Waals surface area contributed by atoms with E-state index in [1.54, 1.807) is 30.5 Å². The summed E-state index contributed by atoms with van der Waals surface area (Å²) in [6, 6.07) is 25.3. The predicted octanol–water partition coefficient (Wildman–Crippen LogP) is 8.93. The minimum absolute atomic E-state index is 0.0127. The number of unbranched alkanes of at least 4 members (excludes halogenated alkanes) is 1. The number of hydrogen-bond acceptors (Lipinski definition) is 5. The van der Waals surface area contributed by atoms with E-state index in [0.29, 0.717) is 49.3 Å². The fraction of sp³-hybridized carbons (Fsp3) is 0.310. The fourth-order valence-corrected chi connectivity index (χ4v) is 7.20. The van der Waals surface area contributed by atoms with Gasteiger partial charge in [-0.2, -0.15) is 0 Å². The molecule has 10 heteroatoms. The third-order valence-electron chi connectivity index (χ3n) is 9.64. The molecule has 0 radical (unpaired) electrons. The van der Waals surface area contributed by atoms with Crippen molar-refractivity contribution in [2.75, 3.05) is 32.9 Å². The molecule has 52 heavy (non-hydrogen) atoms. The number of fused-ring (bicyclic) bond motifs is 6. The lowest BCUT2D eigenvalue weighted by Gasteiger charge is -2.25. The van der Waals surface area contributed by atoms with Crippen molar-refractivity contribution in [1.82, 2.24) is 19.4 Å². The number of nitrogens with one attached hydrogen (secondary N) is 1. The minimum atomic E-state index is -0.786. The van der Waals surface area contributed by atoms with E-state index in [1.165, 1.54) is 30.3 Å². The second-order valence-electron chi connectivity index (χ2n) is 13.2. The van der Waals surface area contributed by atoms with E-state index < -0.39 is 23.8 Å². The molecule has 0 aliphatic rings. The highest BCUT2D eigenvalue weighted by Crippen LogP contribution is 2.40. The number of halogens is 3. The van der Waals surface area contributed by atoms with Crippen molar-refractivity contribution in [2.45, 2.75) is 51.3 Å². The summed E-state index contributed by atoms with van der Waals surface area (Å²) in [5.41, 5.74) is 4.09. The standard InChI is InChI=1S/C42H43F3N4O3/c1-2-3-21-51-22-7-18-46-26-31(50)27-52-42-33(9-6-19-47-42)41(49-39-15-12-29(44)24-35(39)36-25-30(45)13-16-40(36)49)17-20-48-37-10-5-4-8-32(37)34-23-28(43)11-14-38(34)48/h4-6,8-16,19,23-25,31,41,46,50H,2-3,7,17-18,20-22,26-27H2,1H3. The number of aliphatic hydroxyl groups is 1. The molecular weight excluding hydrogens is 665 g/mol. The lowest BCUT2D eigenvalue weighted by molar-refractivity contribution is 0.0999. The number of aromatic nitrogens is 3. The molecule has 0 fully saturated rings. The summed E-state index contributed by atoms with van der Waals surface area (Å²) in [4.78, 5) is 4.62. The molecule has 0 saturated carbocycles. The van der Waals surface area contributed by atoms with Crippen LogP contribution < -0.4 is 10.1 Å². The molecule has 2 atom stereocenters. The van der Waals surface area contributed by atoms with Crippen molar-refractivity contribution in [1.29, 1.82) is 0 Å². The highest BCUT2D eigenvalue weighted by atomic mass is 19.1. The van der Waals surface area contributed by atoms with Crippen LogP contribution in [-0.4, -0.2) is 58.2 Å². The first-order chi connectivity index (χ1) is 25.4. The zero-order chi connectivity index (χ0) is 36.0. The lowest BCUT2D eigenvalue weighted by atomic mass is 10.0. The maximum Gasteiger partial charge on any atom is 0.218 e. The van der Waals surface area contributed by atoms with Crippen LogP contribution in [0.3, 0.4) is 0 Å². The molecule has 4 aromatic carbocycles. The number of ether oxygens (including phenoxy) is 2. The highest BCUT2D eigenvalue weighted by Gasteiger charge is 2.26. The first kappa shape index (κ1) is 35.5. The Morgan fingerprint density at radius 2 is 1.38 bits per heavy atom. The van der Waals surface area contributed by atoms with E-state index in [0.717, 1.165) is 64.3 Å². The maximum absolute atomic E-state index is 14.7. The van der Waals surface area contributed by atoms with Crippen LogP contribution in [0.2, 0.25) is 0 Å². The highest BCUT2D eigenvalue weighted by molar-refractivity contribution is 6.09. The normalized spacial score (nSPS) is 13.1. The molecule has 0 spiro atoms. The molecule has 2 N–H and O–H groups in total. The Hall–Kier alpha value is -4.90. The van der Waals surface area contributed by atoms with Gasteiger partial charge >= 0.3 is 0 Å². The average Bonchev–Trinajstić information content (AvgIpc) is 3.63. The second-order valence-corrected chi connectivity index (χ2v) is 13.2. The third-order valence-corrected chi connectivity index (χ3v) is 9.64. The molecule has 0 amide bonds. The van der Waals surface area contributed by atoms with Crippen LogP contribution in [0.15, 0.2) is 97.2 Å². The number of hydrogen-bond donors (Lipinski definition) is 2. The number of aryl methyl sites for hydroxylation is 1. The Morgan fingerprint density at radius 3 is 2.10 bits per heavy atom. The zero-order valence-electron chi connectivity index (χ0n) is 29.2. The summed E-state index contributed by atoms with van der Waals surface area (Å²) in [7, 11) is 0. The van der Waals surface area contributed by atoms with Gasteiger partial charge in [0, 0.05) is 81.7 Å². The third kappa shape index (κ3) is 7.51. The number of benzene rings is 4. The molecule has 0 aliphatic carbocycles. The molecule has 2 unspecified atom stereocenters. The van der Waals surface area contributed by atoms with Gasteiger partial charge in [0.05, 0.1) is 6.04 Å². The monoisotopic (exact) mass is 708 g/mol. The quantitative estimate of drug-likeness (QED) is 0.0925. The van der Waals surface area contributed by atoms with E-state index in [-0.39, 0.29) is 12.4 Å². The van der Waals surface area contributed by atoms with Gasteiger partial charge in [0.2, 0.25) is 5.88 Å². The Balaban J connectivity index is 1.22. The minimum Gasteiger partial charge on any atom is -0.475 e. The van der Waals surface area contributed by atoms with E-state index in [4.69, 9.17) is 9.47 Å². The van der Waals surface area contributed by atoms with Gasteiger partial charge in [-0.05, 0) is 92.5 Å². The van der Waals surface area contributed by atoms with Crippen molar-refractivity contribution in [3.8, 4) is 5.88 Å². The number of para-hydroxylation sites is 1. The largest absolute Gasteiger partial charge is 0.475 e. The molecule has 7 nitrogen and oxygen atoms in total. The smallest absolute Gasteiger partial charge is 0.218 e. The average molecular weight is 709 g/mol. The maximum atomic E-state index is 14.7. The van der Waals surface area contributed by atoms with E-state index in [1.807, 2.05) is 36.4 Å². The first-order valence-electron chi connectivity index (χ1n) is 18.0. The number of pyridine rings is 1. The van der Waals surface area contributed by atoms with Crippen LogP contribution in [0.4, 0.5) is 13.2 Å². The summed E-state index contributed by atoms with van der Waals surface area (Å²) in [6.07, 6.45) is 4.38. The van der Waals surface area contributed by atoms with Crippen molar-refractivity contribution in [3.05, 3.63) is 120 Å². The summed E-state index contributed by atoms with van der Waals surface area (Å²) in [5, 5.41) is 17.1. The van der Waals surface area contributed by atoms with Crippen molar-refractivity contribution in [2.24, 2.45) is 0 Å². The molecule has 0 saturated heterocycles. The molecule has 7 rings (SSSR count).